The summed E-state index contributed by atoms with van der Waals surface area (Å²) in [5, 5.41) is 4.77. The Labute approximate surface area is 155 Å². The van der Waals surface area contributed by atoms with E-state index >= 15 is 0 Å². The monoisotopic (exact) mass is 379 g/mol. The molecule has 26 heavy (non-hydrogen) atoms. The third-order valence-electron chi connectivity index (χ3n) is 4.02. The highest BCUT2D eigenvalue weighted by atomic mass is 32.1. The number of amides is 1. The number of hydrogen-bond donors (Lipinski definition) is 3. The Kier molecular flexibility index (Phi) is 7.02. The third-order valence-corrected chi connectivity index (χ3v) is 4.90. The van der Waals surface area contributed by atoms with Gasteiger partial charge in [0.05, 0.1) is 13.1 Å². The first kappa shape index (κ1) is 19.8. The molecule has 8 nitrogen and oxygen atoms in total. The first-order valence-electron chi connectivity index (χ1n) is 8.64. The van der Waals surface area contributed by atoms with Gasteiger partial charge in [-0.05, 0) is 24.8 Å². The van der Waals surface area contributed by atoms with Crippen LogP contribution < -0.4 is 27.2 Å². The van der Waals surface area contributed by atoms with Gasteiger partial charge in [-0.15, -0.1) is 11.3 Å². The summed E-state index contributed by atoms with van der Waals surface area (Å²) in [5.41, 5.74) is 5.16. The lowest BCUT2D eigenvalue weighted by Gasteiger charge is -2.24. The van der Waals surface area contributed by atoms with Gasteiger partial charge in [-0.3, -0.25) is 19.1 Å². The van der Waals surface area contributed by atoms with Crippen molar-refractivity contribution in [2.24, 2.45) is 0 Å². The van der Waals surface area contributed by atoms with Crippen LogP contribution in [-0.4, -0.2) is 28.5 Å². The average Bonchev–Trinajstić information content (AvgIpc) is 3.12. The van der Waals surface area contributed by atoms with Crippen molar-refractivity contribution in [3.8, 4) is 0 Å². The molecule has 0 fully saturated rings. The number of rotatable bonds is 9. The molecule has 1 amide bonds. The summed E-state index contributed by atoms with van der Waals surface area (Å²) in [5.74, 6) is -0.120. The third kappa shape index (κ3) is 4.75. The number of unbranched alkanes of at least 4 members (excludes halogenated alkanes) is 1. The van der Waals surface area contributed by atoms with Gasteiger partial charge in [-0.2, -0.15) is 0 Å². The van der Waals surface area contributed by atoms with Crippen LogP contribution in [0.5, 0.6) is 0 Å². The van der Waals surface area contributed by atoms with Gasteiger partial charge in [-0.1, -0.05) is 19.4 Å². The molecule has 0 bridgehead atoms. The maximum atomic E-state index is 12.3. The van der Waals surface area contributed by atoms with E-state index in [-0.39, 0.29) is 24.0 Å². The zero-order valence-corrected chi connectivity index (χ0v) is 15.9. The lowest BCUT2D eigenvalue weighted by atomic mass is 10.3. The van der Waals surface area contributed by atoms with Gasteiger partial charge in [0.2, 0.25) is 5.91 Å². The van der Waals surface area contributed by atoms with E-state index in [4.69, 9.17) is 5.73 Å². The van der Waals surface area contributed by atoms with Crippen LogP contribution in [0.2, 0.25) is 0 Å². The first-order valence-corrected chi connectivity index (χ1v) is 9.52. The number of hydrogen-bond acceptors (Lipinski definition) is 6. The number of H-pyrrole nitrogens is 1. The molecule has 2 rings (SSSR count). The average molecular weight is 379 g/mol. The summed E-state index contributed by atoms with van der Waals surface area (Å²) in [6.07, 6.45) is 1.66. The summed E-state index contributed by atoms with van der Waals surface area (Å²) in [6, 6.07) is 3.86. The second kappa shape index (κ2) is 9.23. The first-order chi connectivity index (χ1) is 12.5. The summed E-state index contributed by atoms with van der Waals surface area (Å²) in [4.78, 5) is 41.5. The Bertz CT molecular complexity index is 841. The van der Waals surface area contributed by atoms with E-state index in [1.807, 2.05) is 31.4 Å². The Morgan fingerprint density at radius 3 is 2.77 bits per heavy atom. The highest BCUT2D eigenvalue weighted by molar-refractivity contribution is 7.09. The molecule has 0 radical (unpaired) electrons. The number of aromatic amines is 1. The van der Waals surface area contributed by atoms with Crippen molar-refractivity contribution in [3.05, 3.63) is 43.2 Å². The molecular formula is C17H25N5O3S. The van der Waals surface area contributed by atoms with E-state index < -0.39 is 11.2 Å². The van der Waals surface area contributed by atoms with E-state index in [2.05, 4.69) is 10.3 Å². The molecule has 0 aromatic carbocycles. The zero-order valence-electron chi connectivity index (χ0n) is 15.1. The molecule has 0 aliphatic carbocycles. The van der Waals surface area contributed by atoms with Crippen LogP contribution in [0.15, 0.2) is 27.1 Å². The molecule has 2 heterocycles. The number of nitrogens with zero attached hydrogens (tertiary/aromatic N) is 2. The van der Waals surface area contributed by atoms with Gasteiger partial charge in [0.15, 0.2) is 0 Å². The molecule has 0 unspecified atom stereocenters. The van der Waals surface area contributed by atoms with Gasteiger partial charge in [-0.25, -0.2) is 4.79 Å². The van der Waals surface area contributed by atoms with Crippen molar-refractivity contribution in [1.82, 2.24) is 14.9 Å². The van der Waals surface area contributed by atoms with Crippen molar-refractivity contribution >= 4 is 28.7 Å². The van der Waals surface area contributed by atoms with Crippen LogP contribution >= 0.6 is 11.3 Å². The fourth-order valence-electron chi connectivity index (χ4n) is 2.60. The fraction of sp³-hybridized carbons (Fsp3) is 0.471. The number of nitrogen functional groups attached to an aromatic ring is 1. The minimum Gasteiger partial charge on any atom is -0.383 e. The molecule has 0 aliphatic rings. The summed E-state index contributed by atoms with van der Waals surface area (Å²) < 4.78 is 1.35. The molecule has 0 saturated heterocycles. The van der Waals surface area contributed by atoms with Gasteiger partial charge in [0.25, 0.3) is 5.56 Å². The number of thiophene rings is 1. The minimum atomic E-state index is -0.576. The highest BCUT2D eigenvalue weighted by Crippen LogP contribution is 2.16. The topological polar surface area (TPSA) is 113 Å². The van der Waals surface area contributed by atoms with Crippen LogP contribution in [-0.2, 0) is 17.9 Å². The molecule has 2 aromatic heterocycles. The fourth-order valence-corrected chi connectivity index (χ4v) is 3.24. The Morgan fingerprint density at radius 1 is 1.38 bits per heavy atom. The van der Waals surface area contributed by atoms with Crippen molar-refractivity contribution in [2.75, 3.05) is 23.7 Å². The van der Waals surface area contributed by atoms with Crippen LogP contribution in [0.1, 0.15) is 31.6 Å². The zero-order chi connectivity index (χ0) is 19.1. The number of nitrogens with one attached hydrogen (secondary N) is 2. The number of aromatic nitrogens is 2. The molecule has 9 heteroatoms. The number of anilines is 2. The lowest BCUT2D eigenvalue weighted by molar-refractivity contribution is -0.119. The smallest absolute Gasteiger partial charge is 0.330 e. The predicted molar refractivity (Wildman–Crippen MR) is 105 cm³/mol. The molecular weight excluding hydrogens is 354 g/mol. The molecule has 4 N–H and O–H groups in total. The standard InChI is InChI=1S/C17H25N5O3S/c1-3-5-8-22-15(18)14(16(24)20-17(22)25)21(4-2)11-13(23)19-10-12-7-6-9-26-12/h6-7,9H,3-5,8,10-11,18H2,1-2H3,(H,19,23)(H,20,24,25). The van der Waals surface area contributed by atoms with Gasteiger partial charge in [0, 0.05) is 18.0 Å². The highest BCUT2D eigenvalue weighted by Gasteiger charge is 2.19. The summed E-state index contributed by atoms with van der Waals surface area (Å²) in [7, 11) is 0. The largest absolute Gasteiger partial charge is 0.383 e. The second-order valence-corrected chi connectivity index (χ2v) is 6.90. The van der Waals surface area contributed by atoms with Gasteiger partial charge < -0.3 is 16.0 Å². The molecule has 0 saturated carbocycles. The van der Waals surface area contributed by atoms with Crippen molar-refractivity contribution < 1.29 is 4.79 Å². The quantitative estimate of drug-likeness (QED) is 0.604. The predicted octanol–water partition coefficient (Wildman–Crippen LogP) is 1.12. The minimum absolute atomic E-state index is 0.0128. The second-order valence-electron chi connectivity index (χ2n) is 5.87. The summed E-state index contributed by atoms with van der Waals surface area (Å²) >= 11 is 1.56. The Balaban J connectivity index is 2.19. The van der Waals surface area contributed by atoms with Gasteiger partial charge >= 0.3 is 5.69 Å². The Morgan fingerprint density at radius 2 is 2.15 bits per heavy atom. The van der Waals surface area contributed by atoms with E-state index in [9.17, 15) is 14.4 Å². The van der Waals surface area contributed by atoms with Crippen molar-refractivity contribution in [3.63, 3.8) is 0 Å². The van der Waals surface area contributed by atoms with Crippen LogP contribution in [0.25, 0.3) is 0 Å². The van der Waals surface area contributed by atoms with Crippen LogP contribution in [0.4, 0.5) is 11.5 Å². The molecule has 0 aliphatic heterocycles. The maximum absolute atomic E-state index is 12.3. The van der Waals surface area contributed by atoms with Crippen molar-refractivity contribution in [1.29, 1.82) is 0 Å². The van der Waals surface area contributed by atoms with Crippen LogP contribution in [0.3, 0.4) is 0 Å². The van der Waals surface area contributed by atoms with E-state index in [0.717, 1.165) is 17.7 Å². The van der Waals surface area contributed by atoms with Crippen LogP contribution in [0, 0.1) is 0 Å². The molecule has 0 spiro atoms. The number of nitrogens with two attached hydrogens (primary N) is 1. The normalized spacial score (nSPS) is 10.7. The number of likely N-dealkylation sites (N-methyl/N-ethyl adjacent to an activating group) is 1. The Hall–Kier alpha value is -2.55. The van der Waals surface area contributed by atoms with E-state index in [1.165, 1.54) is 4.57 Å². The number of carbonyl (C=O) groups excluding carboxylic acids is 1. The van der Waals surface area contributed by atoms with E-state index in [1.54, 1.807) is 16.2 Å². The number of carbonyl (C=O) groups is 1. The summed E-state index contributed by atoms with van der Waals surface area (Å²) in [6.45, 7) is 5.09. The molecule has 2 aromatic rings. The lowest BCUT2D eigenvalue weighted by Crippen LogP contribution is -2.42. The maximum Gasteiger partial charge on any atom is 0.330 e. The molecule has 142 valence electrons. The van der Waals surface area contributed by atoms with Gasteiger partial charge in [0.1, 0.15) is 11.5 Å². The van der Waals surface area contributed by atoms with E-state index in [0.29, 0.717) is 19.6 Å². The SMILES string of the molecule is CCCCn1c(N)c(N(CC)CC(=O)NCc2cccs2)c(=O)[nH]c1=O. The molecule has 0 atom stereocenters. The van der Waals surface area contributed by atoms with Crippen molar-refractivity contribution in [2.45, 2.75) is 39.8 Å².